The molecule has 0 aliphatic heterocycles. The summed E-state index contributed by atoms with van der Waals surface area (Å²) in [6.07, 6.45) is 2.24. The van der Waals surface area contributed by atoms with Crippen molar-refractivity contribution in [3.8, 4) is 0 Å². The summed E-state index contributed by atoms with van der Waals surface area (Å²) in [5, 5.41) is 4.49. The molecule has 2 heteroatoms. The van der Waals surface area contributed by atoms with Crippen LogP contribution in [0.1, 0.15) is 49.9 Å². The first-order chi connectivity index (χ1) is 9.93. The Hall–Kier alpha value is -1.47. The van der Waals surface area contributed by atoms with Crippen molar-refractivity contribution in [1.82, 2.24) is 0 Å². The van der Waals surface area contributed by atoms with Crippen LogP contribution in [0.15, 0.2) is 42.5 Å². The van der Waals surface area contributed by atoms with Gasteiger partial charge in [-0.15, -0.1) is 0 Å². The fourth-order valence-electron chi connectivity index (χ4n) is 3.00. The molecule has 2 aromatic rings. The Morgan fingerprint density at radius 1 is 1.05 bits per heavy atom. The standard InChI is InChI=1S/C19H22ClN/c1-19(2,3)14-5-8-16(9-6-14)21-18-11-4-13-12-15(20)7-10-17(13)18/h5-10,12,18,21H,4,11H2,1-3H3. The van der Waals surface area contributed by atoms with Crippen LogP contribution in [0.3, 0.4) is 0 Å². The van der Waals surface area contributed by atoms with E-state index in [1.165, 1.54) is 22.4 Å². The lowest BCUT2D eigenvalue weighted by molar-refractivity contribution is 0.590. The molecule has 0 fully saturated rings. The number of halogens is 1. The molecule has 0 radical (unpaired) electrons. The summed E-state index contributed by atoms with van der Waals surface area (Å²) >= 11 is 6.07. The fourth-order valence-corrected chi connectivity index (χ4v) is 3.20. The summed E-state index contributed by atoms with van der Waals surface area (Å²) in [4.78, 5) is 0. The minimum absolute atomic E-state index is 0.204. The molecule has 1 N–H and O–H groups in total. The van der Waals surface area contributed by atoms with Crippen molar-refractivity contribution in [2.45, 2.75) is 45.1 Å². The maximum atomic E-state index is 6.07. The van der Waals surface area contributed by atoms with Crippen LogP contribution in [0.4, 0.5) is 5.69 Å². The molecule has 0 heterocycles. The highest BCUT2D eigenvalue weighted by molar-refractivity contribution is 6.30. The minimum atomic E-state index is 0.204. The summed E-state index contributed by atoms with van der Waals surface area (Å²) in [6, 6.07) is 15.5. The van der Waals surface area contributed by atoms with Gasteiger partial charge in [0.25, 0.3) is 0 Å². The molecule has 1 aliphatic rings. The third-order valence-electron chi connectivity index (χ3n) is 4.27. The van der Waals surface area contributed by atoms with Crippen molar-refractivity contribution in [3.05, 3.63) is 64.2 Å². The van der Waals surface area contributed by atoms with E-state index in [-0.39, 0.29) is 5.41 Å². The number of nitrogens with one attached hydrogen (secondary N) is 1. The predicted molar refractivity (Wildman–Crippen MR) is 91.3 cm³/mol. The van der Waals surface area contributed by atoms with E-state index in [4.69, 9.17) is 11.6 Å². The first-order valence-electron chi connectivity index (χ1n) is 7.59. The summed E-state index contributed by atoms with van der Waals surface area (Å²) in [5.74, 6) is 0. The quantitative estimate of drug-likeness (QED) is 0.746. The van der Waals surface area contributed by atoms with Crippen molar-refractivity contribution >= 4 is 17.3 Å². The molecule has 0 aromatic heterocycles. The lowest BCUT2D eigenvalue weighted by atomic mass is 9.87. The normalized spacial score (nSPS) is 17.6. The number of aryl methyl sites for hydroxylation is 1. The predicted octanol–water partition coefficient (Wildman–Crippen LogP) is 5.74. The van der Waals surface area contributed by atoms with Crippen LogP contribution in [0.2, 0.25) is 5.02 Å². The van der Waals surface area contributed by atoms with Gasteiger partial charge in [-0.1, -0.05) is 50.6 Å². The second-order valence-corrected chi connectivity index (χ2v) is 7.34. The Morgan fingerprint density at radius 2 is 1.76 bits per heavy atom. The maximum absolute atomic E-state index is 6.07. The van der Waals surface area contributed by atoms with Crippen molar-refractivity contribution in [3.63, 3.8) is 0 Å². The second-order valence-electron chi connectivity index (χ2n) is 6.91. The van der Waals surface area contributed by atoms with E-state index in [1.807, 2.05) is 6.07 Å². The molecule has 0 bridgehead atoms. The van der Waals surface area contributed by atoms with E-state index in [0.29, 0.717) is 6.04 Å². The third kappa shape index (κ3) is 3.08. The molecule has 0 saturated heterocycles. The van der Waals surface area contributed by atoms with Gasteiger partial charge >= 0.3 is 0 Å². The monoisotopic (exact) mass is 299 g/mol. The van der Waals surface area contributed by atoms with Crippen molar-refractivity contribution < 1.29 is 0 Å². The largest absolute Gasteiger partial charge is 0.378 e. The molecular weight excluding hydrogens is 278 g/mol. The van der Waals surface area contributed by atoms with Gasteiger partial charge in [0.15, 0.2) is 0 Å². The molecule has 0 spiro atoms. The molecule has 1 nitrogen and oxygen atoms in total. The SMILES string of the molecule is CC(C)(C)c1ccc(NC2CCc3cc(Cl)ccc32)cc1. The summed E-state index contributed by atoms with van der Waals surface area (Å²) < 4.78 is 0. The zero-order chi connectivity index (χ0) is 15.0. The Balaban J connectivity index is 1.77. The van der Waals surface area contributed by atoms with Crippen LogP contribution in [0.25, 0.3) is 0 Å². The molecule has 21 heavy (non-hydrogen) atoms. The van der Waals surface area contributed by atoms with Gasteiger partial charge in [0, 0.05) is 10.7 Å². The van der Waals surface area contributed by atoms with Gasteiger partial charge in [0.2, 0.25) is 0 Å². The van der Waals surface area contributed by atoms with E-state index < -0.39 is 0 Å². The second kappa shape index (κ2) is 5.38. The summed E-state index contributed by atoms with van der Waals surface area (Å²) in [5.41, 5.74) is 5.53. The fraction of sp³-hybridized carbons (Fsp3) is 0.368. The average Bonchev–Trinajstić information content (AvgIpc) is 2.80. The molecule has 0 saturated carbocycles. The van der Waals surface area contributed by atoms with Gasteiger partial charge in [-0.25, -0.2) is 0 Å². The number of anilines is 1. The molecule has 1 unspecified atom stereocenters. The molecular formula is C19H22ClN. The number of hydrogen-bond acceptors (Lipinski definition) is 1. The highest BCUT2D eigenvalue weighted by Crippen LogP contribution is 2.35. The van der Waals surface area contributed by atoms with Gasteiger partial charge in [0.05, 0.1) is 6.04 Å². The smallest absolute Gasteiger partial charge is 0.0519 e. The van der Waals surface area contributed by atoms with Crippen LogP contribution >= 0.6 is 11.6 Å². The Morgan fingerprint density at radius 3 is 2.43 bits per heavy atom. The molecule has 0 amide bonds. The Bertz CT molecular complexity index is 638. The lowest BCUT2D eigenvalue weighted by Gasteiger charge is -2.20. The number of hydrogen-bond donors (Lipinski definition) is 1. The van der Waals surface area contributed by atoms with Gasteiger partial charge < -0.3 is 5.32 Å². The Labute approximate surface area is 132 Å². The lowest BCUT2D eigenvalue weighted by Crippen LogP contribution is -2.11. The van der Waals surface area contributed by atoms with E-state index in [0.717, 1.165) is 17.9 Å². The van der Waals surface area contributed by atoms with Crippen molar-refractivity contribution in [2.24, 2.45) is 0 Å². The van der Waals surface area contributed by atoms with E-state index >= 15 is 0 Å². The van der Waals surface area contributed by atoms with Gasteiger partial charge in [-0.05, 0) is 59.2 Å². The minimum Gasteiger partial charge on any atom is -0.378 e. The number of rotatable bonds is 2. The maximum Gasteiger partial charge on any atom is 0.0519 e. The first-order valence-corrected chi connectivity index (χ1v) is 7.97. The van der Waals surface area contributed by atoms with E-state index in [9.17, 15) is 0 Å². The number of benzene rings is 2. The molecule has 3 rings (SSSR count). The molecule has 2 aromatic carbocycles. The summed E-state index contributed by atoms with van der Waals surface area (Å²) in [7, 11) is 0. The third-order valence-corrected chi connectivity index (χ3v) is 4.51. The van der Waals surface area contributed by atoms with Gasteiger partial charge in [-0.2, -0.15) is 0 Å². The van der Waals surface area contributed by atoms with Crippen LogP contribution < -0.4 is 5.32 Å². The van der Waals surface area contributed by atoms with Crippen LogP contribution in [-0.2, 0) is 11.8 Å². The van der Waals surface area contributed by atoms with Crippen LogP contribution in [0, 0.1) is 0 Å². The van der Waals surface area contributed by atoms with E-state index in [2.05, 4.69) is 62.5 Å². The van der Waals surface area contributed by atoms with Gasteiger partial charge in [0.1, 0.15) is 0 Å². The zero-order valence-electron chi connectivity index (χ0n) is 12.9. The number of fused-ring (bicyclic) bond motifs is 1. The molecule has 1 aliphatic carbocycles. The van der Waals surface area contributed by atoms with Gasteiger partial charge in [-0.3, -0.25) is 0 Å². The highest BCUT2D eigenvalue weighted by atomic mass is 35.5. The summed E-state index contributed by atoms with van der Waals surface area (Å²) in [6.45, 7) is 6.73. The average molecular weight is 300 g/mol. The van der Waals surface area contributed by atoms with Crippen LogP contribution in [0.5, 0.6) is 0 Å². The Kier molecular flexibility index (Phi) is 3.71. The zero-order valence-corrected chi connectivity index (χ0v) is 13.7. The van der Waals surface area contributed by atoms with Crippen molar-refractivity contribution in [2.75, 3.05) is 5.32 Å². The van der Waals surface area contributed by atoms with Crippen molar-refractivity contribution in [1.29, 1.82) is 0 Å². The highest BCUT2D eigenvalue weighted by Gasteiger charge is 2.22. The molecule has 110 valence electrons. The van der Waals surface area contributed by atoms with Crippen LogP contribution in [-0.4, -0.2) is 0 Å². The molecule has 1 atom stereocenters. The topological polar surface area (TPSA) is 12.0 Å². The van der Waals surface area contributed by atoms with E-state index in [1.54, 1.807) is 0 Å². The first kappa shape index (κ1) is 14.5.